The van der Waals surface area contributed by atoms with E-state index in [1.807, 2.05) is 54.6 Å². The summed E-state index contributed by atoms with van der Waals surface area (Å²) in [7, 11) is -3.63. The predicted molar refractivity (Wildman–Crippen MR) is 185 cm³/mol. The van der Waals surface area contributed by atoms with Gasteiger partial charge < -0.3 is 14.4 Å². The third kappa shape index (κ3) is 7.60. The number of fused-ring (bicyclic) bond motifs is 1. The van der Waals surface area contributed by atoms with Gasteiger partial charge in [0.25, 0.3) is 0 Å². The van der Waals surface area contributed by atoms with Crippen LogP contribution in [-0.2, 0) is 29.4 Å². The average Bonchev–Trinajstić information content (AvgIpc) is 3.72. The molecule has 48 heavy (non-hydrogen) atoms. The first-order valence-electron chi connectivity index (χ1n) is 15.5. The standard InChI is InChI=1S/C36H34ClN5O5S/c37-28-15-16-32-31(23-28)29(18-21-47-34-14-8-7-13-30(34)36(43)44)33(17-19-40-48(45,46)22-20-41-25-38-24-39-41)42(32)35(26-9-3-1-4-10-26)27-11-5-2-6-12-27/h1-16,23-25,35,40H,17-22H2,(H,43,44). The maximum atomic E-state index is 13.0. The zero-order valence-electron chi connectivity index (χ0n) is 25.9. The number of carbonyl (C=O) groups is 1. The first-order chi connectivity index (χ1) is 23.3. The van der Waals surface area contributed by atoms with Crippen molar-refractivity contribution in [2.24, 2.45) is 0 Å². The van der Waals surface area contributed by atoms with Gasteiger partial charge in [-0.05, 0) is 47.0 Å². The fourth-order valence-corrected chi connectivity index (χ4v) is 7.16. The van der Waals surface area contributed by atoms with Gasteiger partial charge in [0, 0.05) is 41.0 Å². The van der Waals surface area contributed by atoms with E-state index in [2.05, 4.69) is 43.6 Å². The van der Waals surface area contributed by atoms with Crippen molar-refractivity contribution < 1.29 is 23.1 Å². The summed E-state index contributed by atoms with van der Waals surface area (Å²) in [6, 6.07) is 32.4. The summed E-state index contributed by atoms with van der Waals surface area (Å²) in [5, 5.41) is 15.2. The van der Waals surface area contributed by atoms with Gasteiger partial charge in [0.05, 0.1) is 24.9 Å². The molecule has 0 radical (unpaired) electrons. The number of halogens is 1. The Morgan fingerprint density at radius 1 is 0.917 bits per heavy atom. The van der Waals surface area contributed by atoms with E-state index in [0.717, 1.165) is 33.3 Å². The van der Waals surface area contributed by atoms with Gasteiger partial charge in [-0.2, -0.15) is 5.10 Å². The summed E-state index contributed by atoms with van der Waals surface area (Å²) in [6.45, 7) is 0.516. The van der Waals surface area contributed by atoms with Crippen molar-refractivity contribution in [3.8, 4) is 5.75 Å². The van der Waals surface area contributed by atoms with Gasteiger partial charge in [-0.3, -0.25) is 4.68 Å². The van der Waals surface area contributed by atoms with E-state index in [-0.39, 0.29) is 42.8 Å². The fraction of sp³-hybridized carbons (Fsp3) is 0.194. The Hall–Kier alpha value is -4.97. The Labute approximate surface area is 283 Å². The molecule has 0 aliphatic carbocycles. The van der Waals surface area contributed by atoms with E-state index in [1.54, 1.807) is 18.2 Å². The molecule has 6 rings (SSSR count). The lowest BCUT2D eigenvalue weighted by Crippen LogP contribution is -2.31. The van der Waals surface area contributed by atoms with Crippen LogP contribution in [0.5, 0.6) is 5.75 Å². The van der Waals surface area contributed by atoms with Gasteiger partial charge >= 0.3 is 5.97 Å². The molecular formula is C36H34ClN5O5S. The number of rotatable bonds is 15. The minimum absolute atomic E-state index is 0.0803. The van der Waals surface area contributed by atoms with Crippen molar-refractivity contribution in [3.05, 3.63) is 149 Å². The number of carboxylic acid groups (broad SMARTS) is 1. The zero-order chi connectivity index (χ0) is 33.5. The van der Waals surface area contributed by atoms with Crippen LogP contribution in [0.2, 0.25) is 5.02 Å². The number of aryl methyl sites for hydroxylation is 1. The molecule has 2 N–H and O–H groups in total. The van der Waals surface area contributed by atoms with Gasteiger partial charge in [-0.1, -0.05) is 84.4 Å². The van der Waals surface area contributed by atoms with Crippen LogP contribution in [0.3, 0.4) is 0 Å². The molecule has 0 aliphatic rings. The number of aromatic nitrogens is 4. The van der Waals surface area contributed by atoms with Gasteiger partial charge in [0.2, 0.25) is 10.0 Å². The van der Waals surface area contributed by atoms with Gasteiger partial charge in [-0.15, -0.1) is 0 Å². The van der Waals surface area contributed by atoms with Crippen molar-refractivity contribution >= 4 is 38.5 Å². The molecule has 0 unspecified atom stereocenters. The van der Waals surface area contributed by atoms with Crippen molar-refractivity contribution in [1.82, 2.24) is 24.1 Å². The van der Waals surface area contributed by atoms with Crippen LogP contribution in [0.1, 0.15) is 38.8 Å². The van der Waals surface area contributed by atoms with Crippen LogP contribution in [0.25, 0.3) is 10.9 Å². The smallest absolute Gasteiger partial charge is 0.339 e. The number of hydrogen-bond acceptors (Lipinski definition) is 6. The van der Waals surface area contributed by atoms with Crippen LogP contribution in [0.15, 0.2) is 116 Å². The second-order valence-corrected chi connectivity index (χ2v) is 13.6. The maximum absolute atomic E-state index is 13.0. The van der Waals surface area contributed by atoms with Crippen LogP contribution >= 0.6 is 11.6 Å². The first kappa shape index (κ1) is 33.0. The Kier molecular flexibility index (Phi) is 10.2. The molecule has 246 valence electrons. The largest absolute Gasteiger partial charge is 0.492 e. The van der Waals surface area contributed by atoms with E-state index >= 15 is 0 Å². The summed E-state index contributed by atoms with van der Waals surface area (Å²) in [6.07, 6.45) is 3.64. The summed E-state index contributed by atoms with van der Waals surface area (Å²) < 4.78 is 38.6. The molecule has 0 saturated heterocycles. The summed E-state index contributed by atoms with van der Waals surface area (Å²) in [5.41, 5.74) is 4.99. The number of sulfonamides is 1. The molecule has 2 heterocycles. The van der Waals surface area contributed by atoms with E-state index in [1.165, 1.54) is 23.4 Å². The molecule has 0 spiro atoms. The van der Waals surface area contributed by atoms with E-state index in [9.17, 15) is 18.3 Å². The molecule has 0 amide bonds. The van der Waals surface area contributed by atoms with Crippen LogP contribution < -0.4 is 9.46 Å². The lowest BCUT2D eigenvalue weighted by molar-refractivity contribution is 0.0692. The maximum Gasteiger partial charge on any atom is 0.339 e. The number of para-hydroxylation sites is 1. The predicted octanol–water partition coefficient (Wildman–Crippen LogP) is 6.01. The van der Waals surface area contributed by atoms with Crippen LogP contribution in [0.4, 0.5) is 0 Å². The average molecular weight is 684 g/mol. The number of ether oxygens (including phenoxy) is 1. The SMILES string of the molecule is O=C(O)c1ccccc1OCCc1c(CCNS(=O)(=O)CCn2cncn2)n(C(c2ccccc2)c2ccccc2)c2ccc(Cl)cc12. The van der Waals surface area contributed by atoms with Crippen molar-refractivity contribution in [2.75, 3.05) is 18.9 Å². The van der Waals surface area contributed by atoms with Crippen molar-refractivity contribution in [2.45, 2.75) is 25.4 Å². The minimum Gasteiger partial charge on any atom is -0.492 e. The number of aromatic carboxylic acids is 1. The second kappa shape index (κ2) is 14.8. The normalized spacial score (nSPS) is 11.7. The quantitative estimate of drug-likeness (QED) is 0.136. The lowest BCUT2D eigenvalue weighted by atomic mass is 9.97. The first-order valence-corrected chi connectivity index (χ1v) is 17.5. The Morgan fingerprint density at radius 2 is 1.60 bits per heavy atom. The van der Waals surface area contributed by atoms with Gasteiger partial charge in [0.15, 0.2) is 0 Å². The van der Waals surface area contributed by atoms with Crippen molar-refractivity contribution in [3.63, 3.8) is 0 Å². The second-order valence-electron chi connectivity index (χ2n) is 11.2. The highest BCUT2D eigenvalue weighted by molar-refractivity contribution is 7.89. The van der Waals surface area contributed by atoms with Gasteiger partial charge in [-0.25, -0.2) is 22.9 Å². The molecule has 12 heteroatoms. The third-order valence-corrected chi connectivity index (χ3v) is 9.74. The highest BCUT2D eigenvalue weighted by Crippen LogP contribution is 2.38. The minimum atomic E-state index is -3.63. The molecular weight excluding hydrogens is 650 g/mol. The highest BCUT2D eigenvalue weighted by Gasteiger charge is 2.26. The summed E-state index contributed by atoms with van der Waals surface area (Å²) in [4.78, 5) is 15.7. The molecule has 0 bridgehead atoms. The van der Waals surface area contributed by atoms with Crippen LogP contribution in [0, 0.1) is 0 Å². The molecule has 6 aromatic rings. The number of nitrogens with one attached hydrogen (secondary N) is 1. The summed E-state index contributed by atoms with van der Waals surface area (Å²) in [5.74, 6) is -0.936. The Balaban J connectivity index is 1.41. The molecule has 10 nitrogen and oxygen atoms in total. The highest BCUT2D eigenvalue weighted by atomic mass is 35.5. The van der Waals surface area contributed by atoms with E-state index < -0.39 is 16.0 Å². The topological polar surface area (TPSA) is 128 Å². The zero-order valence-corrected chi connectivity index (χ0v) is 27.5. The van der Waals surface area contributed by atoms with Crippen LogP contribution in [-0.4, -0.2) is 57.7 Å². The Bertz CT molecular complexity index is 2060. The molecule has 4 aromatic carbocycles. The summed E-state index contributed by atoms with van der Waals surface area (Å²) >= 11 is 6.58. The lowest BCUT2D eigenvalue weighted by Gasteiger charge is -2.25. The number of carboxylic acids is 1. The monoisotopic (exact) mass is 683 g/mol. The number of benzene rings is 4. The number of hydrogen-bond donors (Lipinski definition) is 2. The number of nitrogens with zero attached hydrogens (tertiary/aromatic N) is 4. The van der Waals surface area contributed by atoms with E-state index in [4.69, 9.17) is 16.3 Å². The van der Waals surface area contributed by atoms with Gasteiger partial charge in [0.1, 0.15) is 24.0 Å². The fourth-order valence-electron chi connectivity index (χ4n) is 6.00. The molecule has 0 aliphatic heterocycles. The molecule has 0 atom stereocenters. The molecule has 0 fully saturated rings. The van der Waals surface area contributed by atoms with Crippen molar-refractivity contribution in [1.29, 1.82) is 0 Å². The third-order valence-electron chi connectivity index (χ3n) is 8.14. The molecule has 0 saturated carbocycles. The Morgan fingerprint density at radius 3 is 2.27 bits per heavy atom. The molecule has 2 aromatic heterocycles. The van der Waals surface area contributed by atoms with E-state index in [0.29, 0.717) is 17.9 Å².